The number of hydrogen-bond donors (Lipinski definition) is 0. The summed E-state index contributed by atoms with van der Waals surface area (Å²) in [5, 5.41) is -0.477. The van der Waals surface area contributed by atoms with E-state index >= 15 is 0 Å². The van der Waals surface area contributed by atoms with Gasteiger partial charge in [0.25, 0.3) is 5.91 Å². The van der Waals surface area contributed by atoms with Gasteiger partial charge in [-0.1, -0.05) is 0 Å². The summed E-state index contributed by atoms with van der Waals surface area (Å²) < 4.78 is 29.5. The number of sulfone groups is 1. The van der Waals surface area contributed by atoms with Crippen molar-refractivity contribution >= 4 is 31.7 Å². The first-order valence-corrected chi connectivity index (χ1v) is 9.18. The average Bonchev–Trinajstić information content (AvgIpc) is 2.93. The molecule has 20 heavy (non-hydrogen) atoms. The van der Waals surface area contributed by atoms with Crippen LogP contribution in [-0.2, 0) is 9.84 Å². The van der Waals surface area contributed by atoms with Gasteiger partial charge in [0.15, 0.2) is 20.3 Å². The lowest BCUT2D eigenvalue weighted by Gasteiger charge is -2.28. The van der Waals surface area contributed by atoms with Gasteiger partial charge >= 0.3 is 0 Å². The third kappa shape index (κ3) is 2.93. The Labute approximate surface area is 127 Å². The van der Waals surface area contributed by atoms with Crippen molar-refractivity contribution in [1.29, 1.82) is 0 Å². The number of halogens is 1. The maximum Gasteiger partial charge on any atom is 0.289 e. The molecule has 0 unspecified atom stereocenters. The van der Waals surface area contributed by atoms with Gasteiger partial charge in [-0.15, -0.1) is 0 Å². The topological polar surface area (TPSA) is 67.6 Å². The van der Waals surface area contributed by atoms with Crippen LogP contribution in [0.25, 0.3) is 0 Å². The van der Waals surface area contributed by atoms with Crippen molar-refractivity contribution in [2.24, 2.45) is 0 Å². The Balaban J connectivity index is 2.25. The molecule has 0 saturated heterocycles. The standard InChI is InChI=1S/C13H18BrNO4S/c1-8-7-11(14)19-12(8)13(16)15(2)9-5-4-6-10(9)20(3,17)18/h7,9-10H,4-6H2,1-3H3/t9-,10-/m0/s1. The molecule has 7 heteroatoms. The molecule has 1 saturated carbocycles. The molecule has 2 rings (SSSR count). The lowest BCUT2D eigenvalue weighted by Crippen LogP contribution is -2.44. The minimum atomic E-state index is -3.15. The van der Waals surface area contributed by atoms with Gasteiger partial charge < -0.3 is 9.32 Å². The van der Waals surface area contributed by atoms with Crippen LogP contribution in [0.4, 0.5) is 0 Å². The van der Waals surface area contributed by atoms with Gasteiger partial charge in [-0.05, 0) is 48.2 Å². The zero-order chi connectivity index (χ0) is 15.1. The van der Waals surface area contributed by atoms with Crippen molar-refractivity contribution in [3.05, 3.63) is 22.1 Å². The highest BCUT2D eigenvalue weighted by Crippen LogP contribution is 2.30. The van der Waals surface area contributed by atoms with Crippen LogP contribution in [0.15, 0.2) is 15.2 Å². The molecular formula is C13H18BrNO4S. The van der Waals surface area contributed by atoms with E-state index in [-0.39, 0.29) is 17.7 Å². The average molecular weight is 364 g/mol. The van der Waals surface area contributed by atoms with Crippen molar-refractivity contribution in [2.45, 2.75) is 37.5 Å². The molecule has 112 valence electrons. The third-order valence-corrected chi connectivity index (χ3v) is 5.91. The largest absolute Gasteiger partial charge is 0.444 e. The highest BCUT2D eigenvalue weighted by Gasteiger charge is 2.39. The van der Waals surface area contributed by atoms with Gasteiger partial charge in [0.2, 0.25) is 0 Å². The Morgan fingerprint density at radius 2 is 2.10 bits per heavy atom. The van der Waals surface area contributed by atoms with Crippen LogP contribution in [-0.4, -0.2) is 43.8 Å². The minimum Gasteiger partial charge on any atom is -0.444 e. The molecule has 0 aromatic carbocycles. The fourth-order valence-electron chi connectivity index (χ4n) is 2.82. The van der Waals surface area contributed by atoms with E-state index in [0.717, 1.165) is 12.0 Å². The van der Waals surface area contributed by atoms with E-state index < -0.39 is 15.1 Å². The van der Waals surface area contributed by atoms with Gasteiger partial charge in [0.05, 0.1) is 5.25 Å². The molecule has 1 aliphatic rings. The quantitative estimate of drug-likeness (QED) is 0.826. The molecule has 2 atom stereocenters. The zero-order valence-corrected chi connectivity index (χ0v) is 14.1. The molecule has 1 aliphatic carbocycles. The second-order valence-electron chi connectivity index (χ2n) is 5.34. The summed E-state index contributed by atoms with van der Waals surface area (Å²) in [5.74, 6) is -0.00715. The van der Waals surface area contributed by atoms with Crippen LogP contribution in [0.1, 0.15) is 35.4 Å². The van der Waals surface area contributed by atoms with Crippen molar-refractivity contribution in [3.63, 3.8) is 0 Å². The predicted molar refractivity (Wildman–Crippen MR) is 79.5 cm³/mol. The summed E-state index contributed by atoms with van der Waals surface area (Å²) in [6, 6.07) is 1.45. The van der Waals surface area contributed by atoms with Gasteiger partial charge in [0, 0.05) is 24.9 Å². The molecular weight excluding hydrogens is 346 g/mol. The first kappa shape index (κ1) is 15.6. The highest BCUT2D eigenvalue weighted by atomic mass is 79.9. The Kier molecular flexibility index (Phi) is 4.30. The summed E-state index contributed by atoms with van der Waals surface area (Å²) in [4.78, 5) is 14.0. The predicted octanol–water partition coefficient (Wildman–Crippen LogP) is 2.39. The lowest BCUT2D eigenvalue weighted by atomic mass is 10.2. The van der Waals surface area contributed by atoms with Crippen LogP contribution in [0, 0.1) is 6.92 Å². The van der Waals surface area contributed by atoms with E-state index in [0.29, 0.717) is 17.5 Å². The number of furan rings is 1. The molecule has 1 aromatic heterocycles. The smallest absolute Gasteiger partial charge is 0.289 e. The number of rotatable bonds is 3. The van der Waals surface area contributed by atoms with Gasteiger partial charge in [-0.25, -0.2) is 8.42 Å². The van der Waals surface area contributed by atoms with Gasteiger partial charge in [-0.3, -0.25) is 4.79 Å². The number of aryl methyl sites for hydroxylation is 1. The summed E-state index contributed by atoms with van der Waals surface area (Å²) in [6.45, 7) is 1.79. The molecule has 1 fully saturated rings. The van der Waals surface area contributed by atoms with Crippen molar-refractivity contribution in [2.75, 3.05) is 13.3 Å². The molecule has 5 nitrogen and oxygen atoms in total. The molecule has 0 radical (unpaired) electrons. The monoisotopic (exact) mass is 363 g/mol. The van der Waals surface area contributed by atoms with Crippen LogP contribution in [0.5, 0.6) is 0 Å². The summed E-state index contributed by atoms with van der Waals surface area (Å²) in [7, 11) is -1.51. The minimum absolute atomic E-state index is 0.263. The van der Waals surface area contributed by atoms with E-state index in [1.54, 1.807) is 20.0 Å². The SMILES string of the molecule is Cc1cc(Br)oc1C(=O)N(C)[C@H]1CCC[C@@H]1S(C)(=O)=O. The zero-order valence-electron chi connectivity index (χ0n) is 11.7. The van der Waals surface area contributed by atoms with Crippen LogP contribution in [0.2, 0.25) is 0 Å². The summed E-state index contributed by atoms with van der Waals surface area (Å²) in [6.07, 6.45) is 3.38. The van der Waals surface area contributed by atoms with Gasteiger partial charge in [-0.2, -0.15) is 0 Å². The molecule has 0 bridgehead atoms. The van der Waals surface area contributed by atoms with E-state index in [9.17, 15) is 13.2 Å². The number of hydrogen-bond acceptors (Lipinski definition) is 4. The van der Waals surface area contributed by atoms with Crippen LogP contribution < -0.4 is 0 Å². The third-order valence-electron chi connectivity index (χ3n) is 3.87. The maximum absolute atomic E-state index is 12.5. The Morgan fingerprint density at radius 3 is 2.60 bits per heavy atom. The Bertz CT molecular complexity index is 622. The van der Waals surface area contributed by atoms with Gasteiger partial charge in [0.1, 0.15) is 0 Å². The second-order valence-corrected chi connectivity index (χ2v) is 8.39. The van der Waals surface area contributed by atoms with E-state index in [2.05, 4.69) is 15.9 Å². The van der Waals surface area contributed by atoms with E-state index in [4.69, 9.17) is 4.42 Å². The maximum atomic E-state index is 12.5. The normalized spacial score (nSPS) is 23.0. The summed E-state index contributed by atoms with van der Waals surface area (Å²) in [5.41, 5.74) is 0.739. The van der Waals surface area contributed by atoms with E-state index in [1.807, 2.05) is 0 Å². The molecule has 0 spiro atoms. The van der Waals surface area contributed by atoms with Crippen LogP contribution in [0.3, 0.4) is 0 Å². The fourth-order valence-corrected chi connectivity index (χ4v) is 4.80. The van der Waals surface area contributed by atoms with Crippen molar-refractivity contribution in [1.82, 2.24) is 4.90 Å². The Morgan fingerprint density at radius 1 is 1.45 bits per heavy atom. The van der Waals surface area contributed by atoms with Crippen molar-refractivity contribution in [3.8, 4) is 0 Å². The molecule has 0 aliphatic heterocycles. The Hall–Kier alpha value is -0.820. The molecule has 0 N–H and O–H groups in total. The number of carbonyl (C=O) groups excluding carboxylic acids is 1. The number of carbonyl (C=O) groups is 1. The lowest BCUT2D eigenvalue weighted by molar-refractivity contribution is 0.0702. The molecule has 1 amide bonds. The number of nitrogens with zero attached hydrogens (tertiary/aromatic N) is 1. The van der Waals surface area contributed by atoms with Crippen molar-refractivity contribution < 1.29 is 17.6 Å². The second kappa shape index (κ2) is 5.52. The van der Waals surface area contributed by atoms with Crippen LogP contribution >= 0.6 is 15.9 Å². The summed E-state index contributed by atoms with van der Waals surface area (Å²) >= 11 is 3.19. The number of amides is 1. The van der Waals surface area contributed by atoms with E-state index in [1.165, 1.54) is 11.2 Å². The fraction of sp³-hybridized carbons (Fsp3) is 0.615. The first-order chi connectivity index (χ1) is 9.21. The molecule has 1 aromatic rings. The highest BCUT2D eigenvalue weighted by molar-refractivity contribution is 9.10. The first-order valence-electron chi connectivity index (χ1n) is 6.43. The molecule has 1 heterocycles.